The first-order valence-corrected chi connectivity index (χ1v) is 17.5. The minimum Gasteiger partial charge on any atom is -0.370 e. The van der Waals surface area contributed by atoms with E-state index in [0.29, 0.717) is 49.3 Å². The number of ketones is 1. The summed E-state index contributed by atoms with van der Waals surface area (Å²) in [7, 11) is 0. The number of nitrogens with zero attached hydrogens (tertiary/aromatic N) is 1. The van der Waals surface area contributed by atoms with Gasteiger partial charge in [0, 0.05) is 37.8 Å². The molecule has 0 radical (unpaired) electrons. The number of likely N-dealkylation sites (tertiary alicyclic amines) is 1. The van der Waals surface area contributed by atoms with E-state index in [-0.39, 0.29) is 45.8 Å². The fourth-order valence-electron chi connectivity index (χ4n) is 12.5. The van der Waals surface area contributed by atoms with E-state index in [9.17, 15) is 19.5 Å². The third kappa shape index (κ3) is 4.23. The lowest BCUT2D eigenvalue weighted by atomic mass is 9.32. The number of carbonyl (C=O) groups excluding carboxylic acids is 3. The Labute approximate surface area is 260 Å². The standard InChI is InChI=1S/C37H58N2O4/c1-23(2)30-25(40)22-33(5)16-18-35(7)24(31(30)33)11-12-27-34(6)17-19-37(43,32(3,4)26(34)13-15-36(27,35)8)38-28(41)14-21-39-20-9-10-29(39)42/h23-24,26-27,43H,9-22H2,1-8H3,(H,38,41)/t24-,26+,27-,33+,34+,35-,36-,37+/m1/s1. The van der Waals surface area contributed by atoms with Gasteiger partial charge in [0.25, 0.3) is 0 Å². The minimum absolute atomic E-state index is 0.0365. The van der Waals surface area contributed by atoms with Gasteiger partial charge in [-0.15, -0.1) is 0 Å². The normalized spacial score (nSPS) is 45.5. The van der Waals surface area contributed by atoms with Crippen LogP contribution < -0.4 is 5.32 Å². The van der Waals surface area contributed by atoms with Gasteiger partial charge in [-0.2, -0.15) is 0 Å². The highest BCUT2D eigenvalue weighted by atomic mass is 16.3. The van der Waals surface area contributed by atoms with Crippen molar-refractivity contribution in [3.8, 4) is 0 Å². The monoisotopic (exact) mass is 594 g/mol. The van der Waals surface area contributed by atoms with Crippen LogP contribution in [0.25, 0.3) is 0 Å². The van der Waals surface area contributed by atoms with Crippen molar-refractivity contribution in [3.05, 3.63) is 11.1 Å². The van der Waals surface area contributed by atoms with Gasteiger partial charge in [0.15, 0.2) is 5.78 Å². The van der Waals surface area contributed by atoms with Crippen LogP contribution in [0.4, 0.5) is 0 Å². The van der Waals surface area contributed by atoms with Gasteiger partial charge in [0.05, 0.1) is 0 Å². The van der Waals surface area contributed by atoms with Crippen LogP contribution in [0.5, 0.6) is 0 Å². The summed E-state index contributed by atoms with van der Waals surface area (Å²) >= 11 is 0. The Morgan fingerprint density at radius 1 is 0.930 bits per heavy atom. The first kappa shape index (κ1) is 31.3. The Morgan fingerprint density at radius 2 is 1.65 bits per heavy atom. The largest absolute Gasteiger partial charge is 0.370 e. The zero-order valence-electron chi connectivity index (χ0n) is 28.3. The Morgan fingerprint density at radius 3 is 2.30 bits per heavy atom. The zero-order chi connectivity index (χ0) is 31.4. The van der Waals surface area contributed by atoms with Crippen LogP contribution in [0.15, 0.2) is 11.1 Å². The Balaban J connectivity index is 1.26. The van der Waals surface area contributed by atoms with Gasteiger partial charge in [-0.25, -0.2) is 0 Å². The van der Waals surface area contributed by atoms with Crippen molar-refractivity contribution in [2.75, 3.05) is 13.1 Å². The van der Waals surface area contributed by atoms with E-state index in [2.05, 4.69) is 60.7 Å². The summed E-state index contributed by atoms with van der Waals surface area (Å²) in [6.45, 7) is 20.0. The molecule has 6 heteroatoms. The molecule has 5 aliphatic carbocycles. The molecule has 0 aromatic rings. The quantitative estimate of drug-likeness (QED) is 0.343. The van der Waals surface area contributed by atoms with Gasteiger partial charge in [-0.3, -0.25) is 14.4 Å². The van der Waals surface area contributed by atoms with Crippen LogP contribution in [0.2, 0.25) is 0 Å². The first-order chi connectivity index (χ1) is 19.9. The summed E-state index contributed by atoms with van der Waals surface area (Å²) in [4.78, 5) is 40.4. The molecule has 43 heavy (non-hydrogen) atoms. The predicted octanol–water partition coefficient (Wildman–Crippen LogP) is 6.80. The number of fused-ring (bicyclic) bond motifs is 7. The summed E-state index contributed by atoms with van der Waals surface area (Å²) in [5, 5.41) is 15.3. The number of allylic oxidation sites excluding steroid dienone is 2. The molecule has 1 saturated heterocycles. The van der Waals surface area contributed by atoms with E-state index in [1.807, 2.05) is 0 Å². The molecule has 6 nitrogen and oxygen atoms in total. The number of hydrogen-bond acceptors (Lipinski definition) is 4. The van der Waals surface area contributed by atoms with E-state index in [1.54, 1.807) is 4.90 Å². The first-order valence-electron chi connectivity index (χ1n) is 17.5. The maximum absolute atomic E-state index is 13.4. The highest BCUT2D eigenvalue weighted by molar-refractivity contribution is 6.00. The predicted molar refractivity (Wildman–Crippen MR) is 169 cm³/mol. The van der Waals surface area contributed by atoms with Crippen molar-refractivity contribution in [3.63, 3.8) is 0 Å². The lowest BCUT2D eigenvalue weighted by Gasteiger charge is -2.73. The van der Waals surface area contributed by atoms with Crippen LogP contribution in [-0.4, -0.2) is 46.4 Å². The average molecular weight is 595 g/mol. The Kier molecular flexibility index (Phi) is 7.21. The molecule has 2 N–H and O–H groups in total. The molecule has 1 aliphatic heterocycles. The van der Waals surface area contributed by atoms with E-state index < -0.39 is 11.1 Å². The number of amides is 2. The molecule has 8 atom stereocenters. The smallest absolute Gasteiger partial charge is 0.223 e. The number of rotatable bonds is 5. The number of nitrogens with one attached hydrogen (secondary N) is 1. The number of Topliss-reactive ketones (excluding diaryl/α,β-unsaturated/α-hetero) is 1. The van der Waals surface area contributed by atoms with Crippen molar-refractivity contribution in [2.45, 2.75) is 138 Å². The van der Waals surface area contributed by atoms with Gasteiger partial charge in [0.1, 0.15) is 5.72 Å². The fourth-order valence-corrected chi connectivity index (χ4v) is 12.5. The van der Waals surface area contributed by atoms with Gasteiger partial charge in [-0.1, -0.05) is 61.0 Å². The zero-order valence-corrected chi connectivity index (χ0v) is 28.3. The van der Waals surface area contributed by atoms with E-state index in [4.69, 9.17) is 0 Å². The van der Waals surface area contributed by atoms with Gasteiger partial charge >= 0.3 is 0 Å². The number of aliphatic hydroxyl groups is 1. The van der Waals surface area contributed by atoms with E-state index in [1.165, 1.54) is 18.4 Å². The van der Waals surface area contributed by atoms with Crippen LogP contribution in [0.1, 0.15) is 132 Å². The summed E-state index contributed by atoms with van der Waals surface area (Å²) in [5.41, 5.74) is 1.39. The lowest BCUT2D eigenvalue weighted by molar-refractivity contribution is -0.257. The summed E-state index contributed by atoms with van der Waals surface area (Å²) in [6.07, 6.45) is 10.7. The van der Waals surface area contributed by atoms with E-state index >= 15 is 0 Å². The van der Waals surface area contributed by atoms with Crippen LogP contribution >= 0.6 is 0 Å². The van der Waals surface area contributed by atoms with E-state index in [0.717, 1.165) is 50.6 Å². The molecule has 240 valence electrons. The topological polar surface area (TPSA) is 86.7 Å². The molecular formula is C37H58N2O4. The highest BCUT2D eigenvalue weighted by Gasteiger charge is 2.71. The summed E-state index contributed by atoms with van der Waals surface area (Å²) < 4.78 is 0. The molecule has 5 fully saturated rings. The van der Waals surface area contributed by atoms with Gasteiger partial charge < -0.3 is 15.3 Å². The van der Waals surface area contributed by atoms with Crippen molar-refractivity contribution in [1.29, 1.82) is 0 Å². The second-order valence-electron chi connectivity index (χ2n) is 17.6. The second kappa shape index (κ2) is 9.90. The Hall–Kier alpha value is -1.69. The second-order valence-corrected chi connectivity index (χ2v) is 17.6. The molecule has 0 bridgehead atoms. The summed E-state index contributed by atoms with van der Waals surface area (Å²) in [6, 6.07) is 0. The molecule has 0 aromatic carbocycles. The van der Waals surface area contributed by atoms with Crippen molar-refractivity contribution < 1.29 is 19.5 Å². The number of hydrogen-bond donors (Lipinski definition) is 2. The molecular weight excluding hydrogens is 536 g/mol. The Bertz CT molecular complexity index is 1250. The van der Waals surface area contributed by atoms with Crippen LogP contribution in [0.3, 0.4) is 0 Å². The maximum atomic E-state index is 13.4. The number of carbonyl (C=O) groups is 3. The highest BCUT2D eigenvalue weighted by Crippen LogP contribution is 2.77. The molecule has 0 spiro atoms. The van der Waals surface area contributed by atoms with Crippen molar-refractivity contribution in [1.82, 2.24) is 10.2 Å². The molecule has 2 amide bonds. The molecule has 6 rings (SSSR count). The van der Waals surface area contributed by atoms with Crippen molar-refractivity contribution in [2.24, 2.45) is 50.7 Å². The SMILES string of the molecule is CC(C)C1=C2[C@H]3CC[C@@H]4[C@@]5(C)CC[C@@](O)(NC(=O)CCN6CCCC6=O)C(C)(C)[C@@H]5CC[C@@]4(C)[C@]3(C)CC[C@@]2(C)CC1=O. The molecule has 0 aromatic heterocycles. The third-order valence-electron chi connectivity index (χ3n) is 15.1. The molecule has 4 saturated carbocycles. The van der Waals surface area contributed by atoms with Crippen molar-refractivity contribution >= 4 is 17.6 Å². The molecule has 1 heterocycles. The van der Waals surface area contributed by atoms with Crippen LogP contribution in [-0.2, 0) is 14.4 Å². The fraction of sp³-hybridized carbons (Fsp3) is 0.865. The third-order valence-corrected chi connectivity index (χ3v) is 15.1. The average Bonchev–Trinajstić information content (AvgIpc) is 3.44. The summed E-state index contributed by atoms with van der Waals surface area (Å²) in [5.74, 6) is 1.99. The minimum atomic E-state index is -1.26. The van der Waals surface area contributed by atoms with Gasteiger partial charge in [0.2, 0.25) is 11.8 Å². The van der Waals surface area contributed by atoms with Crippen LogP contribution in [0, 0.1) is 50.7 Å². The molecule has 6 aliphatic rings. The molecule has 0 unspecified atom stereocenters. The van der Waals surface area contributed by atoms with Gasteiger partial charge in [-0.05, 0) is 109 Å². The lowest BCUT2D eigenvalue weighted by Crippen LogP contribution is -2.71. The maximum Gasteiger partial charge on any atom is 0.223 e.